The van der Waals surface area contributed by atoms with Crippen molar-refractivity contribution in [1.29, 1.82) is 0 Å². The summed E-state index contributed by atoms with van der Waals surface area (Å²) in [6.45, 7) is 8.01. The van der Waals surface area contributed by atoms with Crippen molar-refractivity contribution in [3.8, 4) is 17.1 Å². The van der Waals surface area contributed by atoms with Gasteiger partial charge < -0.3 is 18.8 Å². The van der Waals surface area contributed by atoms with Crippen LogP contribution in [0.15, 0.2) is 67.5 Å². The van der Waals surface area contributed by atoms with E-state index in [-0.39, 0.29) is 11.5 Å². The molecule has 0 atom stereocenters. The van der Waals surface area contributed by atoms with E-state index in [2.05, 4.69) is 47.1 Å². The summed E-state index contributed by atoms with van der Waals surface area (Å²) >= 11 is 1.74. The number of morpholine rings is 1. The number of likely N-dealkylation sites (tertiary alicyclic amines) is 1. The Morgan fingerprint density at radius 2 is 1.91 bits per heavy atom. The molecular weight excluding hydrogens is 448 g/mol. The van der Waals surface area contributed by atoms with Gasteiger partial charge in [0.05, 0.1) is 13.2 Å². The second kappa shape index (κ2) is 9.13. The maximum absolute atomic E-state index is 12.5. The molecule has 3 aliphatic rings. The Morgan fingerprint density at radius 1 is 1.06 bits per heavy atom. The molecule has 0 unspecified atom stereocenters. The van der Waals surface area contributed by atoms with Gasteiger partial charge in [-0.1, -0.05) is 36.9 Å². The fourth-order valence-electron chi connectivity index (χ4n) is 4.80. The van der Waals surface area contributed by atoms with Crippen LogP contribution >= 0.6 is 11.8 Å². The number of hydrogen-bond donors (Lipinski definition) is 0. The summed E-state index contributed by atoms with van der Waals surface area (Å²) in [7, 11) is 0. The highest BCUT2D eigenvalue weighted by atomic mass is 32.2. The summed E-state index contributed by atoms with van der Waals surface area (Å²) < 4.78 is 17.9. The minimum absolute atomic E-state index is 0.0408. The molecule has 2 fully saturated rings. The van der Waals surface area contributed by atoms with Gasteiger partial charge in [-0.05, 0) is 42.3 Å². The van der Waals surface area contributed by atoms with E-state index in [4.69, 9.17) is 13.9 Å². The lowest BCUT2D eigenvalue weighted by atomic mass is 10.0. The van der Waals surface area contributed by atoms with E-state index in [1.807, 2.05) is 6.07 Å². The molecule has 2 saturated heterocycles. The van der Waals surface area contributed by atoms with Crippen LogP contribution in [0, 0.1) is 0 Å². The first-order valence-electron chi connectivity index (χ1n) is 12.0. The number of nitrogens with zero attached hydrogens (tertiary/aromatic N) is 2. The molecule has 6 rings (SSSR count). The fourth-order valence-corrected chi connectivity index (χ4v) is 5.97. The third-order valence-corrected chi connectivity index (χ3v) is 8.04. The number of likely N-dealkylation sites (N-methyl/N-ethyl adjacent to an activating group) is 1. The number of benzene rings is 2. The number of hydrogen-bond acceptors (Lipinski definition) is 7. The van der Waals surface area contributed by atoms with E-state index in [0.29, 0.717) is 24.9 Å². The second-order valence-electron chi connectivity index (χ2n) is 9.03. The van der Waals surface area contributed by atoms with Crippen molar-refractivity contribution in [3.63, 3.8) is 0 Å². The van der Waals surface area contributed by atoms with E-state index in [1.54, 1.807) is 23.9 Å². The van der Waals surface area contributed by atoms with Gasteiger partial charge in [-0.25, -0.2) is 0 Å². The summed E-state index contributed by atoms with van der Waals surface area (Å²) in [4.78, 5) is 19.4. The van der Waals surface area contributed by atoms with E-state index >= 15 is 0 Å². The Bertz CT molecular complexity index is 1260. The standard InChI is InChI=1S/C27H28N2O4S/c1-2-28-16-22(17-28)32-21-6-7-25-19(13-21)12-18-4-3-5-23(27(18)34-25)24-14-20(30)15-26(33-24)29-8-10-31-11-9-29/h3-7,13-15,22H,2,8-12,16-17H2,1H3. The fraction of sp³-hybridized carbons (Fsp3) is 0.370. The summed E-state index contributed by atoms with van der Waals surface area (Å²) in [5.41, 5.74) is 3.45. The maximum atomic E-state index is 12.5. The molecule has 0 saturated carbocycles. The third kappa shape index (κ3) is 4.24. The average molecular weight is 477 g/mol. The minimum Gasteiger partial charge on any atom is -0.488 e. The molecule has 2 aromatic carbocycles. The normalized spacial score (nSPS) is 18.2. The molecule has 4 heterocycles. The molecule has 0 amide bonds. The first-order valence-corrected chi connectivity index (χ1v) is 12.8. The molecule has 34 heavy (non-hydrogen) atoms. The molecule has 0 aliphatic carbocycles. The Balaban J connectivity index is 1.27. The van der Waals surface area contributed by atoms with Gasteiger partial charge in [-0.2, -0.15) is 0 Å². The molecule has 6 nitrogen and oxygen atoms in total. The van der Waals surface area contributed by atoms with Crippen LogP contribution < -0.4 is 15.1 Å². The largest absolute Gasteiger partial charge is 0.488 e. The number of ether oxygens (including phenoxy) is 2. The van der Waals surface area contributed by atoms with Gasteiger partial charge >= 0.3 is 0 Å². The second-order valence-corrected chi connectivity index (χ2v) is 10.1. The molecule has 3 aromatic rings. The van der Waals surface area contributed by atoms with Crippen LogP contribution in [0.3, 0.4) is 0 Å². The number of rotatable bonds is 5. The zero-order chi connectivity index (χ0) is 23.1. The lowest BCUT2D eigenvalue weighted by molar-refractivity contribution is 0.0238. The number of fused-ring (bicyclic) bond motifs is 2. The zero-order valence-corrected chi connectivity index (χ0v) is 20.1. The van der Waals surface area contributed by atoms with Crippen LogP contribution in [0.5, 0.6) is 5.75 Å². The van der Waals surface area contributed by atoms with Gasteiger partial charge in [0.15, 0.2) is 11.3 Å². The van der Waals surface area contributed by atoms with Gasteiger partial charge in [0.2, 0.25) is 0 Å². The first-order chi connectivity index (χ1) is 16.7. The lowest BCUT2D eigenvalue weighted by Gasteiger charge is -2.38. The SMILES string of the molecule is CCN1CC(Oc2ccc3c(c2)Cc2cccc(-c4cc(=O)cc(N5CCOCC5)o4)c2S3)C1. The van der Waals surface area contributed by atoms with Gasteiger partial charge in [0.1, 0.15) is 17.6 Å². The van der Waals surface area contributed by atoms with Crippen LogP contribution in [-0.4, -0.2) is 56.9 Å². The van der Waals surface area contributed by atoms with Crippen molar-refractivity contribution >= 4 is 17.6 Å². The Hall–Kier alpha value is -2.74. The highest BCUT2D eigenvalue weighted by molar-refractivity contribution is 7.99. The maximum Gasteiger partial charge on any atom is 0.200 e. The van der Waals surface area contributed by atoms with E-state index in [1.165, 1.54) is 16.0 Å². The molecule has 0 bridgehead atoms. The van der Waals surface area contributed by atoms with Gasteiger partial charge in [0, 0.05) is 53.7 Å². The molecule has 0 N–H and O–H groups in total. The molecule has 0 spiro atoms. The molecular formula is C27H28N2O4S. The monoisotopic (exact) mass is 476 g/mol. The smallest absolute Gasteiger partial charge is 0.200 e. The predicted molar refractivity (Wildman–Crippen MR) is 133 cm³/mol. The van der Waals surface area contributed by atoms with E-state index < -0.39 is 0 Å². The number of anilines is 1. The Labute approximate surface area is 203 Å². The molecule has 3 aliphatic heterocycles. The Kier molecular flexibility index (Phi) is 5.85. The quantitative estimate of drug-likeness (QED) is 0.426. The third-order valence-electron chi connectivity index (χ3n) is 6.74. The van der Waals surface area contributed by atoms with Crippen LogP contribution in [0.25, 0.3) is 11.3 Å². The molecule has 176 valence electrons. The minimum atomic E-state index is -0.0408. The van der Waals surface area contributed by atoms with Crippen molar-refractivity contribution in [3.05, 3.63) is 69.9 Å². The van der Waals surface area contributed by atoms with Gasteiger partial charge in [0.25, 0.3) is 0 Å². The van der Waals surface area contributed by atoms with Crippen LogP contribution in [-0.2, 0) is 11.2 Å². The first kappa shape index (κ1) is 21.8. The zero-order valence-electron chi connectivity index (χ0n) is 19.3. The van der Waals surface area contributed by atoms with Crippen LogP contribution in [0.1, 0.15) is 18.1 Å². The Morgan fingerprint density at radius 3 is 2.74 bits per heavy atom. The van der Waals surface area contributed by atoms with Crippen molar-refractivity contribution in [2.24, 2.45) is 0 Å². The summed E-state index contributed by atoms with van der Waals surface area (Å²) in [6.07, 6.45) is 1.12. The summed E-state index contributed by atoms with van der Waals surface area (Å²) in [6, 6.07) is 15.9. The highest BCUT2D eigenvalue weighted by Crippen LogP contribution is 2.45. The van der Waals surface area contributed by atoms with Crippen molar-refractivity contribution in [2.45, 2.75) is 29.2 Å². The van der Waals surface area contributed by atoms with Crippen molar-refractivity contribution < 1.29 is 13.9 Å². The van der Waals surface area contributed by atoms with Crippen molar-refractivity contribution in [2.75, 3.05) is 50.8 Å². The predicted octanol–water partition coefficient (Wildman–Crippen LogP) is 4.28. The van der Waals surface area contributed by atoms with E-state index in [0.717, 1.165) is 55.4 Å². The highest BCUT2D eigenvalue weighted by Gasteiger charge is 2.28. The molecule has 7 heteroatoms. The lowest BCUT2D eigenvalue weighted by Crippen LogP contribution is -2.53. The van der Waals surface area contributed by atoms with Crippen LogP contribution in [0.4, 0.5) is 5.88 Å². The van der Waals surface area contributed by atoms with Crippen molar-refractivity contribution in [1.82, 2.24) is 4.90 Å². The topological polar surface area (TPSA) is 55.2 Å². The average Bonchev–Trinajstić information content (AvgIpc) is 2.84. The van der Waals surface area contributed by atoms with Gasteiger partial charge in [-0.3, -0.25) is 9.69 Å². The summed E-state index contributed by atoms with van der Waals surface area (Å²) in [5.74, 6) is 2.18. The molecule has 0 radical (unpaired) electrons. The summed E-state index contributed by atoms with van der Waals surface area (Å²) in [5, 5.41) is 0. The van der Waals surface area contributed by atoms with E-state index in [9.17, 15) is 4.79 Å². The van der Waals surface area contributed by atoms with Crippen LogP contribution in [0.2, 0.25) is 0 Å². The molecule has 1 aromatic heterocycles. The van der Waals surface area contributed by atoms with Gasteiger partial charge in [-0.15, -0.1) is 0 Å².